The summed E-state index contributed by atoms with van der Waals surface area (Å²) in [6.45, 7) is 2.38. The Morgan fingerprint density at radius 2 is 2.00 bits per heavy atom. The Labute approximate surface area is 140 Å². The molecule has 0 bridgehead atoms. The Kier molecular flexibility index (Phi) is 6.13. The first kappa shape index (κ1) is 17.3. The van der Waals surface area contributed by atoms with Crippen molar-refractivity contribution in [3.8, 4) is 11.5 Å². The van der Waals surface area contributed by atoms with E-state index in [0.717, 1.165) is 17.9 Å². The normalized spacial score (nSPS) is 10.6. The van der Waals surface area contributed by atoms with Crippen LogP contribution in [-0.4, -0.2) is 24.9 Å². The van der Waals surface area contributed by atoms with Crippen LogP contribution >= 0.6 is 0 Å². The number of nitrogens with zero attached hydrogens (tertiary/aromatic N) is 2. The summed E-state index contributed by atoms with van der Waals surface area (Å²) in [6.07, 6.45) is 2.30. The fourth-order valence-electron chi connectivity index (χ4n) is 1.94. The molecule has 126 valence electrons. The lowest BCUT2D eigenvalue weighted by Gasteiger charge is -2.06. The number of hydrazone groups is 1. The van der Waals surface area contributed by atoms with Crippen LogP contribution in [0.4, 0.5) is 11.4 Å². The van der Waals surface area contributed by atoms with Gasteiger partial charge in [0.2, 0.25) is 0 Å². The number of nitrogens with one attached hydrogen (secondary N) is 1. The monoisotopic (exact) mass is 329 g/mol. The molecular weight excluding hydrogens is 310 g/mol. The summed E-state index contributed by atoms with van der Waals surface area (Å²) < 4.78 is 10.5. The summed E-state index contributed by atoms with van der Waals surface area (Å²) in [4.78, 5) is 10.7. The van der Waals surface area contributed by atoms with Crippen molar-refractivity contribution in [1.29, 1.82) is 0 Å². The minimum atomic E-state index is -0.459. The van der Waals surface area contributed by atoms with E-state index in [-0.39, 0.29) is 11.4 Å². The maximum atomic E-state index is 11.1. The van der Waals surface area contributed by atoms with Gasteiger partial charge in [0.05, 0.1) is 30.5 Å². The van der Waals surface area contributed by atoms with Crippen molar-refractivity contribution >= 4 is 17.6 Å². The van der Waals surface area contributed by atoms with Crippen molar-refractivity contribution in [2.24, 2.45) is 5.10 Å². The van der Waals surface area contributed by atoms with Gasteiger partial charge in [-0.25, -0.2) is 0 Å². The highest BCUT2D eigenvalue weighted by Gasteiger charge is 2.15. The van der Waals surface area contributed by atoms with E-state index in [1.165, 1.54) is 12.3 Å². The van der Waals surface area contributed by atoms with Crippen LogP contribution in [-0.2, 0) is 0 Å². The van der Waals surface area contributed by atoms with Gasteiger partial charge in [-0.05, 0) is 42.8 Å². The first-order valence-corrected chi connectivity index (χ1v) is 7.48. The van der Waals surface area contributed by atoms with Crippen molar-refractivity contribution < 1.29 is 14.4 Å². The van der Waals surface area contributed by atoms with E-state index in [4.69, 9.17) is 9.47 Å². The number of ether oxygens (including phenoxy) is 2. The van der Waals surface area contributed by atoms with E-state index in [0.29, 0.717) is 12.2 Å². The molecule has 0 spiro atoms. The van der Waals surface area contributed by atoms with Gasteiger partial charge in [0, 0.05) is 11.6 Å². The van der Waals surface area contributed by atoms with Crippen molar-refractivity contribution in [2.45, 2.75) is 13.3 Å². The van der Waals surface area contributed by atoms with Crippen LogP contribution in [0, 0.1) is 10.1 Å². The molecule has 0 radical (unpaired) electrons. The molecule has 2 rings (SSSR count). The maximum Gasteiger partial charge on any atom is 0.311 e. The van der Waals surface area contributed by atoms with Gasteiger partial charge in [0.1, 0.15) is 5.75 Å². The predicted octanol–water partition coefficient (Wildman–Crippen LogP) is 3.84. The van der Waals surface area contributed by atoms with Crippen molar-refractivity contribution in [3.63, 3.8) is 0 Å². The second kappa shape index (κ2) is 8.52. The minimum Gasteiger partial charge on any atom is -0.497 e. The van der Waals surface area contributed by atoms with E-state index >= 15 is 0 Å². The highest BCUT2D eigenvalue weighted by molar-refractivity contribution is 5.82. The molecule has 24 heavy (non-hydrogen) atoms. The van der Waals surface area contributed by atoms with Crippen LogP contribution < -0.4 is 14.9 Å². The largest absolute Gasteiger partial charge is 0.497 e. The third-order valence-electron chi connectivity index (χ3n) is 3.14. The number of nitro benzene ring substituents is 1. The molecule has 7 heteroatoms. The van der Waals surface area contributed by atoms with E-state index < -0.39 is 4.92 Å². The average Bonchev–Trinajstić information content (AvgIpc) is 2.61. The molecule has 0 atom stereocenters. The molecule has 7 nitrogen and oxygen atoms in total. The zero-order valence-electron chi connectivity index (χ0n) is 13.6. The zero-order chi connectivity index (χ0) is 17.4. The summed E-state index contributed by atoms with van der Waals surface area (Å²) in [6, 6.07) is 12.0. The number of hydrogen-bond donors (Lipinski definition) is 1. The molecule has 2 aromatic carbocycles. The number of benzene rings is 2. The highest BCUT2D eigenvalue weighted by Crippen LogP contribution is 2.27. The van der Waals surface area contributed by atoms with Gasteiger partial charge in [-0.1, -0.05) is 6.92 Å². The summed E-state index contributed by atoms with van der Waals surface area (Å²) >= 11 is 0. The van der Waals surface area contributed by atoms with Crippen LogP contribution in [0.3, 0.4) is 0 Å². The van der Waals surface area contributed by atoms with Crippen LogP contribution in [0.1, 0.15) is 18.9 Å². The smallest absolute Gasteiger partial charge is 0.311 e. The van der Waals surface area contributed by atoms with Crippen molar-refractivity contribution in [1.82, 2.24) is 0 Å². The Morgan fingerprint density at radius 3 is 2.62 bits per heavy atom. The summed E-state index contributed by atoms with van der Waals surface area (Å²) in [7, 11) is 1.60. The average molecular weight is 329 g/mol. The van der Waals surface area contributed by atoms with Gasteiger partial charge in [-0.2, -0.15) is 5.10 Å². The third kappa shape index (κ3) is 4.70. The summed E-state index contributed by atoms with van der Waals surface area (Å²) in [5.41, 5.74) is 4.17. The van der Waals surface area contributed by atoms with Gasteiger partial charge in [-0.3, -0.25) is 15.5 Å². The zero-order valence-corrected chi connectivity index (χ0v) is 13.6. The third-order valence-corrected chi connectivity index (χ3v) is 3.14. The van der Waals surface area contributed by atoms with Crippen LogP contribution in [0.25, 0.3) is 0 Å². The summed E-state index contributed by atoms with van der Waals surface area (Å²) in [5, 5.41) is 15.2. The van der Waals surface area contributed by atoms with E-state index in [2.05, 4.69) is 10.5 Å². The number of hydrogen-bond acceptors (Lipinski definition) is 6. The molecule has 0 heterocycles. The molecule has 0 saturated heterocycles. The van der Waals surface area contributed by atoms with Crippen LogP contribution in [0.5, 0.6) is 11.5 Å². The lowest BCUT2D eigenvalue weighted by Crippen LogP contribution is -2.00. The highest BCUT2D eigenvalue weighted by atomic mass is 16.6. The Bertz CT molecular complexity index is 714. The quantitative estimate of drug-likeness (QED) is 0.452. The molecule has 1 N–H and O–H groups in total. The van der Waals surface area contributed by atoms with Gasteiger partial charge in [0.25, 0.3) is 0 Å². The molecule has 0 aliphatic heterocycles. The molecule has 0 unspecified atom stereocenters. The molecule has 0 saturated carbocycles. The number of rotatable bonds is 8. The van der Waals surface area contributed by atoms with Crippen LogP contribution in [0.15, 0.2) is 47.6 Å². The van der Waals surface area contributed by atoms with Gasteiger partial charge >= 0.3 is 5.69 Å². The Hall–Kier alpha value is -3.09. The van der Waals surface area contributed by atoms with E-state index in [9.17, 15) is 10.1 Å². The van der Waals surface area contributed by atoms with Crippen molar-refractivity contribution in [2.75, 3.05) is 19.1 Å². The topological polar surface area (TPSA) is 86.0 Å². The fourth-order valence-corrected chi connectivity index (χ4v) is 1.94. The molecule has 0 fully saturated rings. The number of anilines is 1. The lowest BCUT2D eigenvalue weighted by atomic mass is 10.2. The molecule has 2 aromatic rings. The van der Waals surface area contributed by atoms with Gasteiger partial charge in [-0.15, -0.1) is 0 Å². The first-order chi connectivity index (χ1) is 11.6. The first-order valence-electron chi connectivity index (χ1n) is 7.48. The lowest BCUT2D eigenvalue weighted by molar-refractivity contribution is -0.385. The second-order valence-corrected chi connectivity index (χ2v) is 4.93. The molecular formula is C17H19N3O4. The SMILES string of the molecule is CCCOc1ccc(/C=N/Nc2ccc(OC)cc2)cc1[N+](=O)[O-]. The van der Waals surface area contributed by atoms with E-state index in [1.807, 2.05) is 31.2 Å². The maximum absolute atomic E-state index is 11.1. The van der Waals surface area contributed by atoms with Crippen LogP contribution in [0.2, 0.25) is 0 Å². The molecule has 0 aliphatic rings. The number of methoxy groups -OCH3 is 1. The second-order valence-electron chi connectivity index (χ2n) is 4.93. The standard InChI is InChI=1S/C17H19N3O4/c1-3-10-24-17-9-4-13(11-16(17)20(21)22)12-18-19-14-5-7-15(23-2)8-6-14/h4-9,11-12,19H,3,10H2,1-2H3/b18-12+. The summed E-state index contributed by atoms with van der Waals surface area (Å²) in [5.74, 6) is 1.02. The van der Waals surface area contributed by atoms with Crippen molar-refractivity contribution in [3.05, 3.63) is 58.1 Å². The Balaban J connectivity index is 2.07. The predicted molar refractivity (Wildman–Crippen MR) is 93.1 cm³/mol. The van der Waals surface area contributed by atoms with E-state index in [1.54, 1.807) is 19.2 Å². The molecule has 0 aromatic heterocycles. The fraction of sp³-hybridized carbons (Fsp3) is 0.235. The minimum absolute atomic E-state index is 0.0724. The van der Waals surface area contributed by atoms with Gasteiger partial charge in [0.15, 0.2) is 5.75 Å². The van der Waals surface area contributed by atoms with Gasteiger partial charge < -0.3 is 9.47 Å². The number of nitro groups is 1. The molecule has 0 amide bonds. The Morgan fingerprint density at radius 1 is 1.25 bits per heavy atom. The molecule has 0 aliphatic carbocycles.